The number of amides is 3. The minimum atomic E-state index is -0.954. The van der Waals surface area contributed by atoms with Crippen LogP contribution < -0.4 is 0 Å². The highest BCUT2D eigenvalue weighted by atomic mass is 19.1. The summed E-state index contributed by atoms with van der Waals surface area (Å²) < 4.78 is 30.1. The number of carbonyl (C=O) groups excluding carboxylic acids is 3. The maximum absolute atomic E-state index is 13.8. The molecule has 1 N–H and O–H groups in total. The van der Waals surface area contributed by atoms with Crippen LogP contribution >= 0.6 is 0 Å². The van der Waals surface area contributed by atoms with Gasteiger partial charge in [0.1, 0.15) is 0 Å². The molecule has 0 spiro atoms. The number of fused-ring (bicyclic) bond motifs is 3. The van der Waals surface area contributed by atoms with Gasteiger partial charge in [-0.3, -0.25) is 9.59 Å². The molecule has 4 atom stereocenters. The average molecular weight is 502 g/mol. The Labute approximate surface area is 209 Å². The van der Waals surface area contributed by atoms with Gasteiger partial charge < -0.3 is 19.3 Å². The van der Waals surface area contributed by atoms with E-state index in [4.69, 9.17) is 9.47 Å². The van der Waals surface area contributed by atoms with Crippen molar-refractivity contribution in [2.45, 2.75) is 45.1 Å². The fourth-order valence-corrected chi connectivity index (χ4v) is 5.81. The predicted molar refractivity (Wildman–Crippen MR) is 128 cm³/mol. The summed E-state index contributed by atoms with van der Waals surface area (Å²) in [6.45, 7) is 2.68. The molecule has 3 aliphatic rings. The molecular weight excluding hydrogens is 469 g/mol. The van der Waals surface area contributed by atoms with Crippen LogP contribution in [0.3, 0.4) is 0 Å². The Morgan fingerprint density at radius 2 is 2.00 bits per heavy atom. The van der Waals surface area contributed by atoms with Crippen LogP contribution in [-0.4, -0.2) is 61.5 Å². The molecule has 2 heterocycles. The van der Waals surface area contributed by atoms with E-state index in [2.05, 4.69) is 11.7 Å². The molecule has 2 saturated heterocycles. The van der Waals surface area contributed by atoms with Crippen molar-refractivity contribution in [3.05, 3.63) is 46.3 Å². The molecule has 2 fully saturated rings. The van der Waals surface area contributed by atoms with Gasteiger partial charge in [0.15, 0.2) is 11.6 Å². The van der Waals surface area contributed by atoms with Crippen molar-refractivity contribution in [2.24, 2.45) is 17.8 Å². The molecule has 0 radical (unpaired) electrons. The molecule has 3 amide bonds. The van der Waals surface area contributed by atoms with E-state index in [1.165, 1.54) is 12.1 Å². The van der Waals surface area contributed by atoms with Crippen LogP contribution in [0.4, 0.5) is 9.18 Å². The second-order valence-corrected chi connectivity index (χ2v) is 9.54. The van der Waals surface area contributed by atoms with Crippen LogP contribution in [0.5, 0.6) is 5.75 Å². The number of hydrogen-bond donors (Lipinski definition) is 1. The van der Waals surface area contributed by atoms with Crippen LogP contribution in [0.1, 0.15) is 44.6 Å². The van der Waals surface area contributed by atoms with Crippen molar-refractivity contribution in [2.75, 3.05) is 27.4 Å². The summed E-state index contributed by atoms with van der Waals surface area (Å²) in [5.41, 5.74) is 3.75. The van der Waals surface area contributed by atoms with Crippen LogP contribution in [0.25, 0.3) is 6.08 Å². The zero-order valence-electron chi connectivity index (χ0n) is 20.8. The number of halogens is 1. The lowest BCUT2D eigenvalue weighted by molar-refractivity contribution is -0.137. The molecule has 0 unspecified atom stereocenters. The van der Waals surface area contributed by atoms with Gasteiger partial charge in [0.25, 0.3) is 0 Å². The van der Waals surface area contributed by atoms with E-state index in [1.807, 2.05) is 6.08 Å². The normalized spacial score (nSPS) is 25.9. The first-order valence-corrected chi connectivity index (χ1v) is 12.3. The smallest absolute Gasteiger partial charge is 0.423 e. The highest BCUT2D eigenvalue weighted by Crippen LogP contribution is 2.50. The number of carbonyl (C=O) groups is 3. The van der Waals surface area contributed by atoms with Crippen LogP contribution in [0.15, 0.2) is 34.9 Å². The lowest BCUT2D eigenvalue weighted by atomic mass is 9.69. The third kappa shape index (κ3) is 4.82. The minimum absolute atomic E-state index is 0.243. The molecule has 36 heavy (non-hydrogen) atoms. The van der Waals surface area contributed by atoms with Crippen molar-refractivity contribution in [1.29, 1.82) is 0 Å². The number of allylic oxidation sites excluding steroid dienone is 1. The van der Waals surface area contributed by atoms with Gasteiger partial charge in [0.05, 0.1) is 38.3 Å². The van der Waals surface area contributed by atoms with E-state index in [-0.39, 0.29) is 17.8 Å². The van der Waals surface area contributed by atoms with E-state index >= 15 is 0 Å². The van der Waals surface area contributed by atoms with Crippen LogP contribution in [0, 0.1) is 23.6 Å². The SMILES string of the molecule is CCC/C(=C\c1ccc(O)c(F)c1)CC[C@H]1OC[C@H]2C1=C(COC)C[C@H]1C(=O)N(C(=O)OC)C(=O)[C@H]12. The highest BCUT2D eigenvalue weighted by molar-refractivity contribution is 6.16. The van der Waals surface area contributed by atoms with Gasteiger partial charge in [0.2, 0.25) is 11.8 Å². The van der Waals surface area contributed by atoms with Gasteiger partial charge >= 0.3 is 6.09 Å². The maximum Gasteiger partial charge on any atom is 0.423 e. The molecule has 0 bridgehead atoms. The number of aromatic hydroxyl groups is 1. The molecule has 2 aliphatic heterocycles. The summed E-state index contributed by atoms with van der Waals surface area (Å²) >= 11 is 0. The summed E-state index contributed by atoms with van der Waals surface area (Å²) in [6.07, 6.45) is 4.19. The van der Waals surface area contributed by atoms with Crippen molar-refractivity contribution in [3.8, 4) is 5.75 Å². The van der Waals surface area contributed by atoms with E-state index in [0.29, 0.717) is 42.9 Å². The monoisotopic (exact) mass is 501 g/mol. The number of ether oxygens (including phenoxy) is 3. The van der Waals surface area contributed by atoms with E-state index in [0.717, 1.165) is 36.7 Å². The molecule has 0 aromatic heterocycles. The maximum atomic E-state index is 13.8. The lowest BCUT2D eigenvalue weighted by Gasteiger charge is -2.31. The number of imide groups is 3. The van der Waals surface area contributed by atoms with E-state index in [1.54, 1.807) is 13.2 Å². The fourth-order valence-electron chi connectivity index (χ4n) is 5.81. The van der Waals surface area contributed by atoms with Crippen molar-refractivity contribution < 1.29 is 38.1 Å². The van der Waals surface area contributed by atoms with E-state index < -0.39 is 35.6 Å². The zero-order valence-corrected chi connectivity index (χ0v) is 20.8. The van der Waals surface area contributed by atoms with Crippen molar-refractivity contribution >= 4 is 24.0 Å². The first-order chi connectivity index (χ1) is 17.3. The number of hydrogen-bond acceptors (Lipinski definition) is 7. The van der Waals surface area contributed by atoms with Crippen molar-refractivity contribution in [3.63, 3.8) is 0 Å². The predicted octanol–water partition coefficient (Wildman–Crippen LogP) is 4.22. The Kier molecular flexibility index (Phi) is 7.90. The first-order valence-electron chi connectivity index (χ1n) is 12.3. The summed E-state index contributed by atoms with van der Waals surface area (Å²) in [5, 5.41) is 9.47. The molecule has 8 nitrogen and oxygen atoms in total. The fraction of sp³-hybridized carbons (Fsp3) is 0.519. The number of rotatable bonds is 8. The quantitative estimate of drug-likeness (QED) is 0.420. The standard InChI is InChI=1S/C27H32FNO7/c1-4-5-15(10-16-6-8-21(30)20(28)11-16)7-9-22-23-17(13-34-2)12-18-24(19(23)14-36-22)26(32)29(25(18)31)27(33)35-3/h6,8,10-11,18-19,22,24,30H,4-5,7,9,12-14H2,1-3H3/b15-10+/t18-,19+,22-,24-/m1/s1. The van der Waals surface area contributed by atoms with E-state index in [9.17, 15) is 23.9 Å². The Morgan fingerprint density at radius 3 is 2.67 bits per heavy atom. The zero-order chi connectivity index (χ0) is 26.0. The average Bonchev–Trinajstić information content (AvgIpc) is 3.38. The van der Waals surface area contributed by atoms with Gasteiger partial charge in [-0.2, -0.15) is 4.90 Å². The van der Waals surface area contributed by atoms with Gasteiger partial charge in [-0.05, 0) is 54.5 Å². The number of methoxy groups -OCH3 is 2. The lowest BCUT2D eigenvalue weighted by Crippen LogP contribution is -2.38. The van der Waals surface area contributed by atoms with Gasteiger partial charge in [-0.15, -0.1) is 0 Å². The summed E-state index contributed by atoms with van der Waals surface area (Å²) in [4.78, 5) is 38.8. The Bertz CT molecular complexity index is 1110. The highest BCUT2D eigenvalue weighted by Gasteiger charge is 2.58. The molecular formula is C27H32FNO7. The van der Waals surface area contributed by atoms with Crippen molar-refractivity contribution in [1.82, 2.24) is 4.90 Å². The molecule has 9 heteroatoms. The van der Waals surface area contributed by atoms with Gasteiger partial charge in [0, 0.05) is 13.0 Å². The number of likely N-dealkylation sites (tertiary alicyclic amines) is 1. The Hall–Kier alpha value is -3.04. The third-order valence-corrected chi connectivity index (χ3v) is 7.33. The third-order valence-electron chi connectivity index (χ3n) is 7.33. The Morgan fingerprint density at radius 1 is 1.22 bits per heavy atom. The molecule has 1 aromatic carbocycles. The largest absolute Gasteiger partial charge is 0.505 e. The molecule has 0 saturated carbocycles. The summed E-state index contributed by atoms with van der Waals surface area (Å²) in [6, 6.07) is 4.32. The number of benzene rings is 1. The minimum Gasteiger partial charge on any atom is -0.505 e. The first kappa shape index (κ1) is 26.0. The van der Waals surface area contributed by atoms with Gasteiger partial charge in [-0.25, -0.2) is 9.18 Å². The number of phenolic OH excluding ortho intramolecular Hbond substituents is 1. The Balaban J connectivity index is 1.56. The summed E-state index contributed by atoms with van der Waals surface area (Å²) in [7, 11) is 2.73. The molecule has 1 aromatic rings. The van der Waals surface area contributed by atoms with Gasteiger partial charge in [-0.1, -0.05) is 31.1 Å². The topological polar surface area (TPSA) is 102 Å². The molecule has 194 valence electrons. The summed E-state index contributed by atoms with van der Waals surface area (Å²) in [5.74, 6) is -3.67. The molecule has 4 rings (SSSR count). The second kappa shape index (κ2) is 10.9. The number of nitrogens with zero attached hydrogens (tertiary/aromatic N) is 1. The molecule has 1 aliphatic carbocycles. The van der Waals surface area contributed by atoms with Crippen LogP contribution in [-0.2, 0) is 23.8 Å². The number of phenols is 1. The second-order valence-electron chi connectivity index (χ2n) is 9.54. The van der Waals surface area contributed by atoms with Crippen LogP contribution in [0.2, 0.25) is 0 Å².